The van der Waals surface area contributed by atoms with E-state index >= 15 is 0 Å². The lowest BCUT2D eigenvalue weighted by atomic mass is 10.1. The minimum atomic E-state index is -3.29. The Kier molecular flexibility index (Phi) is 8.71. The second kappa shape index (κ2) is 12.1. The molecule has 37 heavy (non-hydrogen) atoms. The van der Waals surface area contributed by atoms with Crippen LogP contribution in [0.2, 0.25) is 0 Å². The van der Waals surface area contributed by atoms with Gasteiger partial charge in [-0.2, -0.15) is 8.78 Å². The van der Waals surface area contributed by atoms with Crippen molar-refractivity contribution in [2.24, 2.45) is 5.92 Å². The molecule has 0 spiro atoms. The van der Waals surface area contributed by atoms with Crippen LogP contribution in [0.1, 0.15) is 50.6 Å². The number of nitrogens with zero attached hydrogens (tertiary/aromatic N) is 5. The number of hydrogen-bond donors (Lipinski definition) is 2. The number of rotatable bonds is 13. The van der Waals surface area contributed by atoms with E-state index in [1.807, 2.05) is 0 Å². The predicted octanol–water partition coefficient (Wildman–Crippen LogP) is 2.45. The van der Waals surface area contributed by atoms with Crippen molar-refractivity contribution in [1.82, 2.24) is 35.8 Å². The molecular weight excluding hydrogens is 508 g/mol. The van der Waals surface area contributed by atoms with Crippen LogP contribution in [0, 0.1) is 5.92 Å². The Balaban J connectivity index is 1.16. The number of aromatic nitrogens is 5. The van der Waals surface area contributed by atoms with Crippen molar-refractivity contribution in [2.75, 3.05) is 19.8 Å². The number of amides is 2. The summed E-state index contributed by atoms with van der Waals surface area (Å²) in [4.78, 5) is 24.5. The number of carbonyl (C=O) groups is 2. The summed E-state index contributed by atoms with van der Waals surface area (Å²) in [6.07, 6.45) is 0.500. The average molecular weight is 536 g/mol. The Morgan fingerprint density at radius 3 is 2.78 bits per heavy atom. The van der Waals surface area contributed by atoms with Gasteiger partial charge in [-0.1, -0.05) is 28.7 Å². The van der Waals surface area contributed by atoms with Gasteiger partial charge in [-0.25, -0.2) is 0 Å². The molecule has 11 nitrogen and oxygen atoms in total. The van der Waals surface area contributed by atoms with E-state index in [0.29, 0.717) is 56.1 Å². The van der Waals surface area contributed by atoms with Gasteiger partial charge in [0.05, 0.1) is 19.4 Å². The number of alkyl halides is 2. The van der Waals surface area contributed by atoms with Crippen LogP contribution in [0.3, 0.4) is 0 Å². The lowest BCUT2D eigenvalue weighted by Gasteiger charge is -2.25. The van der Waals surface area contributed by atoms with Crippen LogP contribution < -0.4 is 15.4 Å². The number of aryl methyl sites for hydroxylation is 2. The van der Waals surface area contributed by atoms with Gasteiger partial charge in [0.15, 0.2) is 5.69 Å². The fourth-order valence-electron chi connectivity index (χ4n) is 3.42. The Morgan fingerprint density at radius 1 is 1.19 bits per heavy atom. The molecule has 1 aliphatic rings. The Bertz CT molecular complexity index is 1210. The maximum absolute atomic E-state index is 13.0. The number of ether oxygens (including phenoxy) is 2. The lowest BCUT2D eigenvalue weighted by Crippen LogP contribution is -2.39. The first-order chi connectivity index (χ1) is 17.7. The first kappa shape index (κ1) is 26.5. The summed E-state index contributed by atoms with van der Waals surface area (Å²) < 4.78 is 37.3. The number of benzene rings is 1. The van der Waals surface area contributed by atoms with Gasteiger partial charge in [-0.15, -0.1) is 15.3 Å². The Hall–Kier alpha value is -3.52. The molecular formula is C23H27F2N7O4S. The largest absolute Gasteiger partial charge is 0.433 e. The summed E-state index contributed by atoms with van der Waals surface area (Å²) >= 11 is 1.28. The van der Waals surface area contributed by atoms with E-state index in [-0.39, 0.29) is 23.9 Å². The molecule has 2 aromatic heterocycles. The first-order valence-corrected chi connectivity index (χ1v) is 12.6. The van der Waals surface area contributed by atoms with Crippen molar-refractivity contribution < 1.29 is 27.8 Å². The number of unbranched alkanes of at least 4 members (excludes halogenated alkanes) is 1. The second-order valence-corrected chi connectivity index (χ2v) is 9.74. The second-order valence-electron chi connectivity index (χ2n) is 8.68. The third-order valence-electron chi connectivity index (χ3n) is 5.37. The molecule has 3 heterocycles. The highest BCUT2D eigenvalue weighted by atomic mass is 32.1. The molecule has 1 aliphatic heterocycles. The highest BCUT2D eigenvalue weighted by molar-refractivity contribution is 7.13. The van der Waals surface area contributed by atoms with Crippen molar-refractivity contribution in [1.29, 1.82) is 0 Å². The van der Waals surface area contributed by atoms with Crippen LogP contribution in [-0.4, -0.2) is 62.9 Å². The summed E-state index contributed by atoms with van der Waals surface area (Å²) in [5.74, 6) is -0.260. The molecule has 1 fully saturated rings. The van der Waals surface area contributed by atoms with Crippen LogP contribution in [0.15, 0.2) is 30.5 Å². The summed E-state index contributed by atoms with van der Waals surface area (Å²) in [6, 6.07) is 6.12. The van der Waals surface area contributed by atoms with E-state index in [0.717, 1.165) is 17.8 Å². The molecule has 0 atom stereocenters. The molecule has 3 aromatic rings. The van der Waals surface area contributed by atoms with Gasteiger partial charge in [0.2, 0.25) is 5.01 Å². The molecule has 0 radical (unpaired) electrons. The van der Waals surface area contributed by atoms with E-state index in [2.05, 4.69) is 35.9 Å². The van der Waals surface area contributed by atoms with Crippen LogP contribution in [0.5, 0.6) is 5.75 Å². The lowest BCUT2D eigenvalue weighted by molar-refractivity contribution is -0.159. The summed E-state index contributed by atoms with van der Waals surface area (Å²) in [7, 11) is 0. The summed E-state index contributed by atoms with van der Waals surface area (Å²) in [5, 5.41) is 22.6. The molecule has 0 bridgehead atoms. The predicted molar refractivity (Wildman–Crippen MR) is 128 cm³/mol. The van der Waals surface area contributed by atoms with E-state index in [1.54, 1.807) is 23.0 Å². The molecule has 0 aliphatic carbocycles. The van der Waals surface area contributed by atoms with Gasteiger partial charge in [0.1, 0.15) is 10.8 Å². The minimum absolute atomic E-state index is 0.0118. The van der Waals surface area contributed by atoms with E-state index in [4.69, 9.17) is 4.74 Å². The van der Waals surface area contributed by atoms with Gasteiger partial charge in [0, 0.05) is 38.9 Å². The zero-order valence-corrected chi connectivity index (χ0v) is 21.0. The fourth-order valence-corrected chi connectivity index (χ4v) is 4.22. The topological polar surface area (TPSA) is 133 Å². The van der Waals surface area contributed by atoms with Crippen molar-refractivity contribution in [3.05, 3.63) is 51.7 Å². The molecule has 2 amide bonds. The van der Waals surface area contributed by atoms with E-state index in [1.165, 1.54) is 23.5 Å². The molecule has 0 unspecified atom stereocenters. The fraction of sp³-hybridized carbons (Fsp3) is 0.478. The summed E-state index contributed by atoms with van der Waals surface area (Å²) in [6.45, 7) is 3.26. The zero-order chi connectivity index (χ0) is 26.3. The molecule has 198 valence electrons. The van der Waals surface area contributed by atoms with Crippen LogP contribution in [-0.2, 0) is 24.2 Å². The normalized spacial score (nSPS) is 13.7. The standard InChI is InChI=1S/C23H27F2N7O4S/c1-23(24,25)36-17-6-4-5-15(9-17)10-26-20(33)18-12-32(31-28-18)8-3-2-7-19-29-30-22(37-19)21(34)27-11-16-13-35-14-16/h4-6,9,12,16H,2-3,7-8,10-11,13-14H2,1H3,(H,26,33)(H,27,34). The molecule has 4 rings (SSSR count). The van der Waals surface area contributed by atoms with Crippen LogP contribution >= 0.6 is 11.3 Å². The number of halogens is 2. The third kappa shape index (κ3) is 8.25. The van der Waals surface area contributed by atoms with Crippen molar-refractivity contribution in [3.63, 3.8) is 0 Å². The highest BCUT2D eigenvalue weighted by Gasteiger charge is 2.23. The molecule has 1 saturated heterocycles. The first-order valence-electron chi connectivity index (χ1n) is 11.8. The SMILES string of the molecule is CC(F)(F)Oc1cccc(CNC(=O)c2cn(CCCCc3nnc(C(=O)NCC4COC4)s3)nn2)c1. The smallest absolute Gasteiger partial charge is 0.394 e. The van der Waals surface area contributed by atoms with Gasteiger partial charge < -0.3 is 20.1 Å². The molecule has 14 heteroatoms. The van der Waals surface area contributed by atoms with Gasteiger partial charge in [-0.05, 0) is 30.5 Å². The van der Waals surface area contributed by atoms with Gasteiger partial charge in [-0.3, -0.25) is 14.3 Å². The molecule has 2 N–H and O–H groups in total. The molecule has 1 aromatic carbocycles. The van der Waals surface area contributed by atoms with Gasteiger partial charge >= 0.3 is 6.11 Å². The molecule has 0 saturated carbocycles. The van der Waals surface area contributed by atoms with Crippen molar-refractivity contribution in [3.8, 4) is 5.75 Å². The number of nitrogens with one attached hydrogen (secondary N) is 2. The summed E-state index contributed by atoms with van der Waals surface area (Å²) in [5.41, 5.74) is 0.758. The third-order valence-corrected chi connectivity index (χ3v) is 6.35. The van der Waals surface area contributed by atoms with Gasteiger partial charge in [0.25, 0.3) is 11.8 Å². The maximum Gasteiger partial charge on any atom is 0.394 e. The van der Waals surface area contributed by atoms with E-state index in [9.17, 15) is 18.4 Å². The van der Waals surface area contributed by atoms with Crippen LogP contribution in [0.25, 0.3) is 0 Å². The van der Waals surface area contributed by atoms with E-state index < -0.39 is 12.0 Å². The maximum atomic E-state index is 13.0. The number of carbonyl (C=O) groups excluding carboxylic acids is 2. The highest BCUT2D eigenvalue weighted by Crippen LogP contribution is 2.22. The van der Waals surface area contributed by atoms with Crippen molar-refractivity contribution >= 4 is 23.2 Å². The Morgan fingerprint density at radius 2 is 2.03 bits per heavy atom. The quantitative estimate of drug-likeness (QED) is 0.319. The monoisotopic (exact) mass is 535 g/mol. The zero-order valence-electron chi connectivity index (χ0n) is 20.2. The van der Waals surface area contributed by atoms with Crippen molar-refractivity contribution in [2.45, 2.75) is 45.4 Å². The number of hydrogen-bond acceptors (Lipinski definition) is 9. The van der Waals surface area contributed by atoms with Crippen LogP contribution in [0.4, 0.5) is 8.78 Å². The minimum Gasteiger partial charge on any atom is -0.433 e. The average Bonchev–Trinajstić information content (AvgIpc) is 3.48. The Labute approximate surface area is 215 Å².